The van der Waals surface area contributed by atoms with Crippen LogP contribution in [0, 0.1) is 18.3 Å². The lowest BCUT2D eigenvalue weighted by Crippen LogP contribution is -2.11. The van der Waals surface area contributed by atoms with Crippen LogP contribution in [-0.4, -0.2) is 29.7 Å². The maximum absolute atomic E-state index is 12.5. The normalized spacial score (nSPS) is 11.2. The first-order valence-electron chi connectivity index (χ1n) is 8.06. The van der Waals surface area contributed by atoms with Crippen LogP contribution in [-0.2, 0) is 9.53 Å². The number of amides is 1. The van der Waals surface area contributed by atoms with Crippen LogP contribution in [0.3, 0.4) is 0 Å². The fourth-order valence-electron chi connectivity index (χ4n) is 2.09. The van der Waals surface area contributed by atoms with E-state index in [4.69, 9.17) is 16.3 Å². The van der Waals surface area contributed by atoms with Gasteiger partial charge in [0.25, 0.3) is 5.91 Å². The number of esters is 1. The van der Waals surface area contributed by atoms with Gasteiger partial charge in [0.15, 0.2) is 10.7 Å². The number of hydrogen-bond acceptors (Lipinski definition) is 8. The number of thioether (sulfide) groups is 1. The standard InChI is InChI=1S/C18H17ClN4O3S2/c1-4-26-17(25)13(9-20)16(27-3)23-18-21-10(2)14(28-18)15(24)22-12-7-5-11(19)6-8-12/h5-8H,4H2,1-3H3,(H,21,23)(H,22,24)/b16-13+. The summed E-state index contributed by atoms with van der Waals surface area (Å²) in [5.74, 6) is -1.03. The van der Waals surface area contributed by atoms with Crippen LogP contribution in [0.4, 0.5) is 10.8 Å². The quantitative estimate of drug-likeness (QED) is 0.375. The molecular formula is C18H17ClN4O3S2. The summed E-state index contributed by atoms with van der Waals surface area (Å²) in [5.41, 5.74) is 0.985. The maximum Gasteiger partial charge on any atom is 0.351 e. The molecule has 28 heavy (non-hydrogen) atoms. The van der Waals surface area contributed by atoms with Gasteiger partial charge in [-0.3, -0.25) is 4.79 Å². The number of hydrogen-bond donors (Lipinski definition) is 2. The van der Waals surface area contributed by atoms with Gasteiger partial charge in [-0.25, -0.2) is 9.78 Å². The van der Waals surface area contributed by atoms with Crippen molar-refractivity contribution in [3.05, 3.63) is 50.5 Å². The Bertz CT molecular complexity index is 949. The van der Waals surface area contributed by atoms with Crippen LogP contribution in [0.5, 0.6) is 0 Å². The van der Waals surface area contributed by atoms with Crippen LogP contribution < -0.4 is 10.6 Å². The topological polar surface area (TPSA) is 104 Å². The van der Waals surface area contributed by atoms with Crippen molar-refractivity contribution in [2.75, 3.05) is 23.5 Å². The van der Waals surface area contributed by atoms with Crippen LogP contribution in [0.15, 0.2) is 34.9 Å². The predicted octanol–water partition coefficient (Wildman–Crippen LogP) is 4.43. The second-order valence-corrected chi connectivity index (χ2v) is 7.51. The van der Waals surface area contributed by atoms with Gasteiger partial charge in [-0.1, -0.05) is 22.9 Å². The number of ether oxygens (including phenoxy) is 1. The summed E-state index contributed by atoms with van der Waals surface area (Å²) < 4.78 is 4.89. The fraction of sp³-hybridized carbons (Fsp3) is 0.222. The Labute approximate surface area is 175 Å². The molecule has 0 unspecified atom stereocenters. The first-order valence-corrected chi connectivity index (χ1v) is 10.5. The summed E-state index contributed by atoms with van der Waals surface area (Å²) in [7, 11) is 0. The molecule has 146 valence electrons. The zero-order valence-electron chi connectivity index (χ0n) is 15.3. The number of nitriles is 1. The second-order valence-electron chi connectivity index (χ2n) is 5.26. The van der Waals surface area contributed by atoms with Crippen LogP contribution in [0.1, 0.15) is 22.3 Å². The van der Waals surface area contributed by atoms with Crippen molar-refractivity contribution in [2.45, 2.75) is 13.8 Å². The number of carbonyl (C=O) groups excluding carboxylic acids is 2. The summed E-state index contributed by atoms with van der Waals surface area (Å²) in [5, 5.41) is 16.3. The van der Waals surface area contributed by atoms with E-state index in [1.807, 2.05) is 6.07 Å². The number of thiazole rings is 1. The minimum atomic E-state index is -0.712. The predicted molar refractivity (Wildman–Crippen MR) is 113 cm³/mol. The first-order chi connectivity index (χ1) is 13.4. The van der Waals surface area contributed by atoms with Crippen LogP contribution in [0.25, 0.3) is 0 Å². The van der Waals surface area contributed by atoms with Gasteiger partial charge in [-0.2, -0.15) is 5.26 Å². The Morgan fingerprint density at radius 3 is 2.57 bits per heavy atom. The molecule has 1 amide bonds. The largest absolute Gasteiger partial charge is 0.462 e. The number of carbonyl (C=O) groups is 2. The number of aryl methyl sites for hydroxylation is 1. The number of aromatic nitrogens is 1. The molecule has 10 heteroatoms. The van der Waals surface area contributed by atoms with E-state index < -0.39 is 5.97 Å². The van der Waals surface area contributed by atoms with E-state index in [-0.39, 0.29) is 18.1 Å². The smallest absolute Gasteiger partial charge is 0.351 e. The Balaban J connectivity index is 2.22. The highest BCUT2D eigenvalue weighted by Gasteiger charge is 2.20. The van der Waals surface area contributed by atoms with E-state index in [0.29, 0.717) is 31.4 Å². The zero-order valence-corrected chi connectivity index (χ0v) is 17.7. The highest BCUT2D eigenvalue weighted by atomic mass is 35.5. The van der Waals surface area contributed by atoms with Crippen molar-refractivity contribution >= 4 is 57.4 Å². The lowest BCUT2D eigenvalue weighted by Gasteiger charge is -2.08. The molecule has 7 nitrogen and oxygen atoms in total. The molecule has 1 aromatic carbocycles. The van der Waals surface area contributed by atoms with E-state index in [1.165, 1.54) is 11.8 Å². The molecule has 0 aliphatic heterocycles. The molecule has 2 N–H and O–H groups in total. The molecule has 0 fully saturated rings. The lowest BCUT2D eigenvalue weighted by atomic mass is 10.3. The zero-order chi connectivity index (χ0) is 20.7. The molecule has 0 bridgehead atoms. The summed E-state index contributed by atoms with van der Waals surface area (Å²) in [6.45, 7) is 3.53. The fourth-order valence-corrected chi connectivity index (χ4v) is 3.68. The summed E-state index contributed by atoms with van der Waals surface area (Å²) in [6, 6.07) is 8.60. The minimum Gasteiger partial charge on any atom is -0.462 e. The molecule has 0 radical (unpaired) electrons. The Kier molecular flexibility index (Phi) is 7.87. The van der Waals surface area contributed by atoms with Crippen LogP contribution >= 0.6 is 34.7 Å². The molecule has 0 saturated carbocycles. The van der Waals surface area contributed by atoms with Crippen molar-refractivity contribution in [1.29, 1.82) is 5.26 Å². The molecule has 0 spiro atoms. The average molecular weight is 437 g/mol. The molecule has 0 atom stereocenters. The third-order valence-electron chi connectivity index (χ3n) is 3.35. The first kappa shape index (κ1) is 21.8. The molecular weight excluding hydrogens is 420 g/mol. The van der Waals surface area contributed by atoms with Gasteiger partial charge in [0.05, 0.1) is 17.3 Å². The lowest BCUT2D eigenvalue weighted by molar-refractivity contribution is -0.138. The van der Waals surface area contributed by atoms with E-state index in [2.05, 4.69) is 15.6 Å². The highest BCUT2D eigenvalue weighted by Crippen LogP contribution is 2.28. The molecule has 0 aliphatic carbocycles. The van der Waals surface area contributed by atoms with E-state index in [1.54, 1.807) is 44.4 Å². The van der Waals surface area contributed by atoms with Gasteiger partial charge >= 0.3 is 5.97 Å². The van der Waals surface area contributed by atoms with Crippen molar-refractivity contribution < 1.29 is 14.3 Å². The summed E-state index contributed by atoms with van der Waals surface area (Å²) in [6.07, 6.45) is 1.72. The van der Waals surface area contributed by atoms with Crippen molar-refractivity contribution in [1.82, 2.24) is 4.98 Å². The van der Waals surface area contributed by atoms with Gasteiger partial charge in [-0.15, -0.1) is 11.8 Å². The third-order valence-corrected chi connectivity index (χ3v) is 5.39. The van der Waals surface area contributed by atoms with Gasteiger partial charge < -0.3 is 15.4 Å². The molecule has 2 rings (SSSR count). The average Bonchev–Trinajstić information content (AvgIpc) is 3.04. The Morgan fingerprint density at radius 1 is 1.32 bits per heavy atom. The van der Waals surface area contributed by atoms with Crippen molar-refractivity contribution in [2.24, 2.45) is 0 Å². The number of nitrogens with one attached hydrogen (secondary N) is 2. The van der Waals surface area contributed by atoms with Crippen molar-refractivity contribution in [3.8, 4) is 6.07 Å². The van der Waals surface area contributed by atoms with Crippen molar-refractivity contribution in [3.63, 3.8) is 0 Å². The SMILES string of the molecule is CCOC(=O)/C(C#N)=C(\Nc1nc(C)c(C(=O)Nc2ccc(Cl)cc2)s1)SC. The highest BCUT2D eigenvalue weighted by molar-refractivity contribution is 8.02. The maximum atomic E-state index is 12.5. The van der Waals surface area contributed by atoms with Crippen LogP contribution in [0.2, 0.25) is 5.02 Å². The van der Waals surface area contributed by atoms with E-state index >= 15 is 0 Å². The number of benzene rings is 1. The van der Waals surface area contributed by atoms with Gasteiger partial charge in [0.2, 0.25) is 0 Å². The summed E-state index contributed by atoms with van der Waals surface area (Å²) in [4.78, 5) is 29.2. The number of nitrogens with zero attached hydrogens (tertiary/aromatic N) is 2. The van der Waals surface area contributed by atoms with E-state index in [9.17, 15) is 14.9 Å². The molecule has 0 saturated heterocycles. The monoisotopic (exact) mass is 436 g/mol. The van der Waals surface area contributed by atoms with E-state index in [0.717, 1.165) is 11.3 Å². The van der Waals surface area contributed by atoms with Gasteiger partial charge in [0, 0.05) is 10.7 Å². The molecule has 1 aromatic heterocycles. The number of anilines is 2. The third kappa shape index (κ3) is 5.48. The molecule has 0 aliphatic rings. The summed E-state index contributed by atoms with van der Waals surface area (Å²) >= 11 is 8.14. The Morgan fingerprint density at radius 2 is 2.00 bits per heavy atom. The van der Waals surface area contributed by atoms with Gasteiger partial charge in [-0.05, 0) is 44.4 Å². The number of halogens is 1. The Hall–Kier alpha value is -2.54. The molecule has 1 heterocycles. The van der Waals surface area contributed by atoms with Gasteiger partial charge in [0.1, 0.15) is 10.9 Å². The molecule has 2 aromatic rings. The minimum absolute atomic E-state index is 0.144. The second kappa shape index (κ2) is 10.1. The number of rotatable bonds is 7.